The van der Waals surface area contributed by atoms with Crippen LogP contribution in [0.3, 0.4) is 0 Å². The topological polar surface area (TPSA) is 65.8 Å². The molecule has 1 aliphatic rings. The minimum atomic E-state index is -0.249. The van der Waals surface area contributed by atoms with E-state index in [2.05, 4.69) is 20.8 Å². The van der Waals surface area contributed by atoms with Crippen molar-refractivity contribution < 1.29 is 4.79 Å². The predicted molar refractivity (Wildman–Crippen MR) is 87.2 cm³/mol. The Balaban J connectivity index is 1.68. The number of hydrogen-bond donors (Lipinski definition) is 2. The van der Waals surface area contributed by atoms with Crippen LogP contribution in [0.1, 0.15) is 11.1 Å². The molecule has 1 heterocycles. The number of carbonyl (C=O) groups is 1. The third-order valence-corrected chi connectivity index (χ3v) is 2.98. The maximum absolute atomic E-state index is 11.8. The zero-order chi connectivity index (χ0) is 15.2. The number of guanidine groups is 1. The molecule has 0 saturated heterocycles. The molecular weight excluding hydrogens is 276 g/mol. The Labute approximate surface area is 128 Å². The maximum atomic E-state index is 11.8. The number of benzene rings is 2. The van der Waals surface area contributed by atoms with Crippen molar-refractivity contribution >= 4 is 24.2 Å². The Morgan fingerprint density at radius 3 is 2.27 bits per heavy atom. The highest BCUT2D eigenvalue weighted by Gasteiger charge is 2.19. The van der Waals surface area contributed by atoms with Crippen LogP contribution in [0.5, 0.6) is 0 Å². The molecule has 5 heteroatoms. The van der Waals surface area contributed by atoms with Crippen LogP contribution in [0.2, 0.25) is 0 Å². The fourth-order valence-electron chi connectivity index (χ4n) is 1.94. The Bertz CT molecular complexity index is 749. The zero-order valence-electron chi connectivity index (χ0n) is 11.7. The summed E-state index contributed by atoms with van der Waals surface area (Å²) in [5, 5.41) is 6.68. The van der Waals surface area contributed by atoms with Crippen LogP contribution >= 0.6 is 0 Å². The van der Waals surface area contributed by atoms with Gasteiger partial charge in [-0.2, -0.15) is 5.10 Å². The van der Waals surface area contributed by atoms with E-state index in [0.29, 0.717) is 11.7 Å². The molecule has 1 amide bonds. The number of hydrogen-bond acceptors (Lipinski definition) is 4. The third kappa shape index (κ3) is 3.46. The quantitative estimate of drug-likeness (QED) is 0.517. The molecule has 2 aromatic carbocycles. The Hall–Kier alpha value is -3.21. The number of nitrogens with zero attached hydrogens (tertiary/aromatic N) is 2. The van der Waals surface area contributed by atoms with E-state index in [1.165, 1.54) is 0 Å². The average molecular weight is 290 g/mol. The van der Waals surface area contributed by atoms with Gasteiger partial charge in [-0.15, -0.1) is 0 Å². The van der Waals surface area contributed by atoms with Gasteiger partial charge in [-0.1, -0.05) is 60.7 Å². The number of aliphatic imine (C=N–C) groups is 1. The Morgan fingerprint density at radius 2 is 1.59 bits per heavy atom. The number of amides is 1. The standard InChI is InChI=1S/C17H14N4O/c22-16-15(11-13-7-3-1-4-8-13)19-17(20-16)21-18-12-14-9-5-2-6-10-14/h1-12H,(H2,19,20,21,22)/b15-11+,18-12+. The molecule has 0 saturated carbocycles. The second-order valence-electron chi connectivity index (χ2n) is 4.64. The molecule has 0 bridgehead atoms. The molecule has 0 unspecified atom stereocenters. The maximum Gasteiger partial charge on any atom is 0.276 e. The summed E-state index contributed by atoms with van der Waals surface area (Å²) in [6.07, 6.45) is 3.39. The van der Waals surface area contributed by atoms with E-state index in [4.69, 9.17) is 0 Å². The fourth-order valence-corrected chi connectivity index (χ4v) is 1.94. The first-order valence-electron chi connectivity index (χ1n) is 6.82. The van der Waals surface area contributed by atoms with Crippen LogP contribution in [0.15, 0.2) is 76.5 Å². The monoisotopic (exact) mass is 290 g/mol. The molecule has 2 aromatic rings. The van der Waals surface area contributed by atoms with Gasteiger partial charge in [0.05, 0.1) is 6.21 Å². The minimum Gasteiger partial charge on any atom is -0.289 e. The average Bonchev–Trinajstić information content (AvgIpc) is 2.89. The minimum absolute atomic E-state index is 0.249. The molecule has 0 fully saturated rings. The van der Waals surface area contributed by atoms with Crippen molar-refractivity contribution in [2.24, 2.45) is 10.1 Å². The van der Waals surface area contributed by atoms with Crippen molar-refractivity contribution in [3.05, 3.63) is 77.5 Å². The predicted octanol–water partition coefficient (Wildman–Crippen LogP) is 2.14. The van der Waals surface area contributed by atoms with E-state index in [9.17, 15) is 4.79 Å². The number of hydrazone groups is 1. The summed E-state index contributed by atoms with van der Waals surface area (Å²) in [5.74, 6) is 0.0700. The van der Waals surface area contributed by atoms with Gasteiger partial charge in [0.25, 0.3) is 5.91 Å². The lowest BCUT2D eigenvalue weighted by molar-refractivity contribution is -0.115. The van der Waals surface area contributed by atoms with Gasteiger partial charge >= 0.3 is 0 Å². The SMILES string of the molecule is O=C1NC(N/N=C/c2ccccc2)=N/C1=C/c1ccccc1. The third-order valence-electron chi connectivity index (χ3n) is 2.98. The van der Waals surface area contributed by atoms with Crippen molar-refractivity contribution in [2.75, 3.05) is 0 Å². The Morgan fingerprint density at radius 1 is 0.955 bits per heavy atom. The number of rotatable bonds is 3. The smallest absolute Gasteiger partial charge is 0.276 e. The number of carbonyl (C=O) groups excluding carboxylic acids is 1. The highest BCUT2D eigenvalue weighted by atomic mass is 16.2. The summed E-state index contributed by atoms with van der Waals surface area (Å²) in [7, 11) is 0. The first kappa shape index (κ1) is 13.8. The highest BCUT2D eigenvalue weighted by molar-refractivity contribution is 6.13. The van der Waals surface area contributed by atoms with Crippen molar-refractivity contribution in [1.29, 1.82) is 0 Å². The van der Waals surface area contributed by atoms with Crippen LogP contribution in [0, 0.1) is 0 Å². The van der Waals surface area contributed by atoms with Gasteiger partial charge in [-0.3, -0.25) is 10.1 Å². The molecule has 0 radical (unpaired) electrons. The molecule has 108 valence electrons. The van der Waals surface area contributed by atoms with Gasteiger partial charge in [-0.25, -0.2) is 10.4 Å². The summed E-state index contributed by atoms with van der Waals surface area (Å²) in [4.78, 5) is 16.0. The van der Waals surface area contributed by atoms with Gasteiger partial charge in [0.2, 0.25) is 5.96 Å². The van der Waals surface area contributed by atoms with Crippen LogP contribution in [-0.2, 0) is 4.79 Å². The largest absolute Gasteiger partial charge is 0.289 e. The van der Waals surface area contributed by atoms with E-state index in [1.54, 1.807) is 12.3 Å². The van der Waals surface area contributed by atoms with E-state index < -0.39 is 0 Å². The molecule has 0 spiro atoms. The molecule has 22 heavy (non-hydrogen) atoms. The second kappa shape index (κ2) is 6.49. The lowest BCUT2D eigenvalue weighted by Gasteiger charge is -1.97. The van der Waals surface area contributed by atoms with Gasteiger partial charge in [0, 0.05) is 0 Å². The zero-order valence-corrected chi connectivity index (χ0v) is 11.7. The fraction of sp³-hybridized carbons (Fsp3) is 0. The van der Waals surface area contributed by atoms with Crippen LogP contribution in [0.4, 0.5) is 0 Å². The van der Waals surface area contributed by atoms with Crippen LogP contribution in [-0.4, -0.2) is 18.1 Å². The summed E-state index contributed by atoms with van der Waals surface area (Å²) in [6, 6.07) is 19.2. The molecule has 2 N–H and O–H groups in total. The Kier molecular flexibility index (Phi) is 4.06. The van der Waals surface area contributed by atoms with E-state index in [0.717, 1.165) is 11.1 Å². The van der Waals surface area contributed by atoms with E-state index in [-0.39, 0.29) is 5.91 Å². The summed E-state index contributed by atoms with van der Waals surface area (Å²) in [6.45, 7) is 0. The summed E-state index contributed by atoms with van der Waals surface area (Å²) < 4.78 is 0. The van der Waals surface area contributed by atoms with Crippen molar-refractivity contribution in [1.82, 2.24) is 10.7 Å². The normalized spacial score (nSPS) is 15.9. The molecule has 3 rings (SSSR count). The molecule has 1 aliphatic heterocycles. The van der Waals surface area contributed by atoms with Crippen LogP contribution < -0.4 is 10.7 Å². The first-order chi connectivity index (χ1) is 10.8. The van der Waals surface area contributed by atoms with Crippen molar-refractivity contribution in [3.63, 3.8) is 0 Å². The lowest BCUT2D eigenvalue weighted by atomic mass is 10.2. The van der Waals surface area contributed by atoms with E-state index in [1.807, 2.05) is 60.7 Å². The molecule has 5 nitrogen and oxygen atoms in total. The first-order valence-corrected chi connectivity index (χ1v) is 6.82. The number of nitrogens with one attached hydrogen (secondary N) is 2. The van der Waals surface area contributed by atoms with E-state index >= 15 is 0 Å². The van der Waals surface area contributed by atoms with Gasteiger partial charge < -0.3 is 0 Å². The molecular formula is C17H14N4O. The molecule has 0 atom stereocenters. The van der Waals surface area contributed by atoms with Crippen molar-refractivity contribution in [2.45, 2.75) is 0 Å². The molecule has 0 aliphatic carbocycles. The summed E-state index contributed by atoms with van der Waals surface area (Å²) in [5.41, 5.74) is 4.95. The lowest BCUT2D eigenvalue weighted by Crippen LogP contribution is -2.33. The van der Waals surface area contributed by atoms with Crippen molar-refractivity contribution in [3.8, 4) is 0 Å². The van der Waals surface area contributed by atoms with Crippen LogP contribution in [0.25, 0.3) is 6.08 Å². The van der Waals surface area contributed by atoms with Gasteiger partial charge in [0.1, 0.15) is 5.70 Å². The molecule has 0 aromatic heterocycles. The highest BCUT2D eigenvalue weighted by Crippen LogP contribution is 2.11. The summed E-state index contributed by atoms with van der Waals surface area (Å²) >= 11 is 0. The second-order valence-corrected chi connectivity index (χ2v) is 4.64. The van der Waals surface area contributed by atoms with Gasteiger partial charge in [-0.05, 0) is 17.2 Å². The van der Waals surface area contributed by atoms with Gasteiger partial charge in [0.15, 0.2) is 0 Å².